The summed E-state index contributed by atoms with van der Waals surface area (Å²) in [6.07, 6.45) is 2.36. The van der Waals surface area contributed by atoms with Crippen LogP contribution in [0.3, 0.4) is 0 Å². The molecule has 0 N–H and O–H groups in total. The fourth-order valence-corrected chi connectivity index (χ4v) is 3.72. The van der Waals surface area contributed by atoms with Crippen molar-refractivity contribution in [3.05, 3.63) is 11.7 Å². The highest BCUT2D eigenvalue weighted by Crippen LogP contribution is 2.40. The minimum Gasteiger partial charge on any atom is -0.365 e. The first-order valence-electron chi connectivity index (χ1n) is 7.23. The van der Waals surface area contributed by atoms with Crippen molar-refractivity contribution in [3.8, 4) is 0 Å². The Morgan fingerprint density at radius 1 is 1.45 bits per heavy atom. The molecule has 3 atom stereocenters. The number of fused-ring (bicyclic) bond motifs is 1. The van der Waals surface area contributed by atoms with E-state index in [1.807, 2.05) is 0 Å². The second kappa shape index (κ2) is 5.62. The Morgan fingerprint density at radius 3 is 2.86 bits per heavy atom. The van der Waals surface area contributed by atoms with Crippen molar-refractivity contribution in [1.29, 1.82) is 0 Å². The Labute approximate surface area is 128 Å². The largest absolute Gasteiger partial charge is 0.365 e. The maximum atomic E-state index is 12.0. The van der Waals surface area contributed by atoms with Crippen molar-refractivity contribution in [2.45, 2.75) is 32.0 Å². The summed E-state index contributed by atoms with van der Waals surface area (Å²) in [5.41, 5.74) is 0. The Morgan fingerprint density at radius 2 is 2.23 bits per heavy atom. The molecule has 22 heavy (non-hydrogen) atoms. The van der Waals surface area contributed by atoms with E-state index in [1.54, 1.807) is 11.8 Å². The number of carbonyl (C=O) groups excluding carboxylic acids is 1. The van der Waals surface area contributed by atoms with Gasteiger partial charge >= 0.3 is 0 Å². The highest BCUT2D eigenvalue weighted by molar-refractivity contribution is 7.91. The smallest absolute Gasteiger partial charge is 0.237 e. The van der Waals surface area contributed by atoms with Crippen LogP contribution < -0.4 is 0 Å². The number of likely N-dealkylation sites (tertiary alicyclic amines) is 1. The molecule has 2 aliphatic heterocycles. The van der Waals surface area contributed by atoms with E-state index in [0.717, 1.165) is 19.1 Å². The first-order valence-corrected chi connectivity index (χ1v) is 9.29. The number of hydrogen-bond donors (Lipinski definition) is 0. The van der Waals surface area contributed by atoms with Gasteiger partial charge in [-0.3, -0.25) is 4.79 Å². The normalized spacial score (nSPS) is 28.6. The van der Waals surface area contributed by atoms with Crippen LogP contribution in [0.2, 0.25) is 0 Å². The van der Waals surface area contributed by atoms with E-state index in [0.29, 0.717) is 30.7 Å². The lowest BCUT2D eigenvalue weighted by Crippen LogP contribution is -2.47. The quantitative estimate of drug-likeness (QED) is 0.775. The van der Waals surface area contributed by atoms with Gasteiger partial charge in [0, 0.05) is 26.3 Å². The minimum atomic E-state index is -3.31. The predicted octanol–water partition coefficient (Wildman–Crippen LogP) is 0.101. The summed E-state index contributed by atoms with van der Waals surface area (Å²) in [5, 5.41) is 3.89. The van der Waals surface area contributed by atoms with Gasteiger partial charge in [-0.2, -0.15) is 4.98 Å². The van der Waals surface area contributed by atoms with Gasteiger partial charge in [-0.05, 0) is 18.8 Å². The zero-order valence-electron chi connectivity index (χ0n) is 12.6. The lowest BCUT2D eigenvalue weighted by atomic mass is 9.91. The van der Waals surface area contributed by atoms with Crippen molar-refractivity contribution in [3.63, 3.8) is 0 Å². The van der Waals surface area contributed by atoms with Gasteiger partial charge in [0.25, 0.3) is 0 Å². The Balaban J connectivity index is 1.63. The second-order valence-electron chi connectivity index (χ2n) is 6.03. The SMILES string of the molecule is Cc1nc([C@@H]2C[C@H]3CCN(C(=O)CS(C)(=O)=O)C[C@@H]3O2)no1. The van der Waals surface area contributed by atoms with Crippen LogP contribution in [0.1, 0.15) is 30.7 Å². The maximum Gasteiger partial charge on any atom is 0.237 e. The van der Waals surface area contributed by atoms with Crippen molar-refractivity contribution < 1.29 is 22.5 Å². The Bertz CT molecular complexity index is 671. The summed E-state index contributed by atoms with van der Waals surface area (Å²) >= 11 is 0. The fourth-order valence-electron chi connectivity index (χ4n) is 3.08. The van der Waals surface area contributed by atoms with Crippen LogP contribution in [-0.4, -0.2) is 60.6 Å². The summed E-state index contributed by atoms with van der Waals surface area (Å²) in [4.78, 5) is 17.8. The van der Waals surface area contributed by atoms with Crippen LogP contribution >= 0.6 is 0 Å². The molecule has 2 aliphatic rings. The molecule has 0 spiro atoms. The number of ether oxygens (including phenoxy) is 1. The van der Waals surface area contributed by atoms with Gasteiger partial charge in [0.2, 0.25) is 17.6 Å². The number of aryl methyl sites for hydroxylation is 1. The standard InChI is InChI=1S/C13H19N3O5S/c1-8-14-13(15-21-8)10-5-9-3-4-16(6-11(9)20-10)12(17)7-22(2,18)19/h9-11H,3-7H2,1-2H3/t9-,10+,11+/m1/s1. The number of aromatic nitrogens is 2. The van der Waals surface area contributed by atoms with Crippen molar-refractivity contribution in [2.24, 2.45) is 5.92 Å². The summed E-state index contributed by atoms with van der Waals surface area (Å²) in [7, 11) is -3.31. The molecule has 0 aliphatic carbocycles. The zero-order valence-corrected chi connectivity index (χ0v) is 13.4. The third kappa shape index (κ3) is 3.30. The third-order valence-electron chi connectivity index (χ3n) is 4.12. The number of hydrogen-bond acceptors (Lipinski definition) is 7. The van der Waals surface area contributed by atoms with Gasteiger partial charge in [-0.15, -0.1) is 0 Å². The maximum absolute atomic E-state index is 12.0. The molecule has 0 unspecified atom stereocenters. The third-order valence-corrected chi connectivity index (χ3v) is 4.89. The molecular weight excluding hydrogens is 310 g/mol. The molecule has 2 saturated heterocycles. The van der Waals surface area contributed by atoms with Crippen LogP contribution in [-0.2, 0) is 19.4 Å². The van der Waals surface area contributed by atoms with E-state index in [4.69, 9.17) is 9.26 Å². The number of carbonyl (C=O) groups is 1. The average Bonchev–Trinajstić information content (AvgIpc) is 3.01. The molecule has 0 radical (unpaired) electrons. The number of sulfone groups is 1. The molecule has 122 valence electrons. The van der Waals surface area contributed by atoms with Crippen LogP contribution in [0.5, 0.6) is 0 Å². The van der Waals surface area contributed by atoms with Crippen LogP contribution in [0.15, 0.2) is 4.52 Å². The average molecular weight is 329 g/mol. The van der Waals surface area contributed by atoms with E-state index in [9.17, 15) is 13.2 Å². The summed E-state index contributed by atoms with van der Waals surface area (Å²) in [6, 6.07) is 0. The molecule has 1 aromatic rings. The highest BCUT2D eigenvalue weighted by atomic mass is 32.2. The molecule has 1 amide bonds. The van der Waals surface area contributed by atoms with E-state index in [-0.39, 0.29) is 18.1 Å². The molecule has 2 fully saturated rings. The van der Waals surface area contributed by atoms with Gasteiger partial charge in [0.05, 0.1) is 6.10 Å². The molecule has 0 aromatic carbocycles. The molecule has 3 rings (SSSR count). The monoisotopic (exact) mass is 329 g/mol. The van der Waals surface area contributed by atoms with E-state index in [2.05, 4.69) is 10.1 Å². The van der Waals surface area contributed by atoms with Gasteiger partial charge in [0.15, 0.2) is 9.84 Å². The number of piperidine rings is 1. The van der Waals surface area contributed by atoms with Crippen LogP contribution in [0.25, 0.3) is 0 Å². The highest BCUT2D eigenvalue weighted by Gasteiger charge is 2.42. The van der Waals surface area contributed by atoms with Gasteiger partial charge in [0.1, 0.15) is 11.9 Å². The molecule has 0 saturated carbocycles. The van der Waals surface area contributed by atoms with E-state index in [1.165, 1.54) is 0 Å². The predicted molar refractivity (Wildman–Crippen MR) is 75.7 cm³/mol. The van der Waals surface area contributed by atoms with Crippen molar-refractivity contribution >= 4 is 15.7 Å². The van der Waals surface area contributed by atoms with Crippen LogP contribution in [0, 0.1) is 12.8 Å². The first kappa shape index (κ1) is 15.4. The number of nitrogens with zero attached hydrogens (tertiary/aromatic N) is 3. The fraction of sp³-hybridized carbons (Fsp3) is 0.769. The zero-order chi connectivity index (χ0) is 15.9. The molecule has 3 heterocycles. The Kier molecular flexibility index (Phi) is 3.94. The summed E-state index contributed by atoms with van der Waals surface area (Å²) in [5.74, 6) is 0.575. The summed E-state index contributed by atoms with van der Waals surface area (Å²) < 4.78 is 33.4. The number of amides is 1. The summed E-state index contributed by atoms with van der Waals surface area (Å²) in [6.45, 7) is 2.72. The second-order valence-corrected chi connectivity index (χ2v) is 8.17. The van der Waals surface area contributed by atoms with Crippen molar-refractivity contribution in [1.82, 2.24) is 15.0 Å². The Hall–Kier alpha value is -1.48. The van der Waals surface area contributed by atoms with E-state index < -0.39 is 15.6 Å². The molecule has 8 nitrogen and oxygen atoms in total. The van der Waals surface area contributed by atoms with Crippen molar-refractivity contribution in [2.75, 3.05) is 25.1 Å². The lowest BCUT2D eigenvalue weighted by molar-refractivity contribution is -0.132. The van der Waals surface area contributed by atoms with Gasteiger partial charge in [-0.25, -0.2) is 8.42 Å². The topological polar surface area (TPSA) is 103 Å². The molecular formula is C13H19N3O5S. The van der Waals surface area contributed by atoms with E-state index >= 15 is 0 Å². The molecule has 0 bridgehead atoms. The lowest BCUT2D eigenvalue weighted by Gasteiger charge is -2.33. The van der Waals surface area contributed by atoms with Gasteiger partial charge in [-0.1, -0.05) is 5.16 Å². The van der Waals surface area contributed by atoms with Gasteiger partial charge < -0.3 is 14.2 Å². The molecule has 1 aromatic heterocycles. The first-order chi connectivity index (χ1) is 10.3. The van der Waals surface area contributed by atoms with Crippen LogP contribution in [0.4, 0.5) is 0 Å². The minimum absolute atomic E-state index is 0.0962. The number of rotatable bonds is 3. The molecule has 9 heteroatoms.